The molecule has 0 fully saturated rings. The zero-order chi connectivity index (χ0) is 10.7. The lowest BCUT2D eigenvalue weighted by Gasteiger charge is -2.11. The highest BCUT2D eigenvalue weighted by Crippen LogP contribution is 2.17. The Hall–Kier alpha value is -1.14. The van der Waals surface area contributed by atoms with Crippen molar-refractivity contribution in [2.24, 2.45) is 0 Å². The Bertz CT molecular complexity index is 353. The van der Waals surface area contributed by atoms with Crippen molar-refractivity contribution >= 4 is 27.7 Å². The minimum absolute atomic E-state index is 0.219. The Balaban J connectivity index is 2.86. The van der Waals surface area contributed by atoms with Crippen molar-refractivity contribution in [2.75, 3.05) is 19.8 Å². The van der Waals surface area contributed by atoms with E-state index < -0.39 is 0 Å². The molecule has 1 aromatic rings. The van der Waals surface area contributed by atoms with Gasteiger partial charge in [0, 0.05) is 20.3 Å². The molecular formula is C8H11BrN4O. The highest BCUT2D eigenvalue weighted by atomic mass is 79.9. The van der Waals surface area contributed by atoms with Crippen molar-refractivity contribution in [1.29, 1.82) is 0 Å². The van der Waals surface area contributed by atoms with Crippen LogP contribution in [0.2, 0.25) is 0 Å². The number of hydrogen-bond donors (Lipinski definition) is 2. The summed E-state index contributed by atoms with van der Waals surface area (Å²) in [6, 6.07) is 1.63. The number of carbonyl (C=O) groups is 1. The second kappa shape index (κ2) is 4.39. The van der Waals surface area contributed by atoms with Crippen molar-refractivity contribution in [3.05, 3.63) is 22.3 Å². The van der Waals surface area contributed by atoms with Crippen LogP contribution >= 0.6 is 15.9 Å². The van der Waals surface area contributed by atoms with Crippen LogP contribution < -0.4 is 11.2 Å². The molecule has 0 bridgehead atoms. The summed E-state index contributed by atoms with van der Waals surface area (Å²) in [5.41, 5.74) is 8.55. The lowest BCUT2D eigenvalue weighted by atomic mass is 10.3. The average molecular weight is 259 g/mol. The second-order valence-electron chi connectivity index (χ2n) is 2.93. The zero-order valence-electron chi connectivity index (χ0n) is 7.91. The van der Waals surface area contributed by atoms with Crippen LogP contribution in [0, 0.1) is 0 Å². The summed E-state index contributed by atoms with van der Waals surface area (Å²) >= 11 is 3.20. The SMILES string of the molecule is CN(C)NC(=O)c1cnc(N)c(Br)c1. The normalized spacial score (nSPS) is 10.3. The molecule has 1 aromatic heterocycles. The van der Waals surface area contributed by atoms with Gasteiger partial charge in [0.15, 0.2) is 0 Å². The van der Waals surface area contributed by atoms with Crippen molar-refractivity contribution in [2.45, 2.75) is 0 Å². The minimum Gasteiger partial charge on any atom is -0.383 e. The number of nitrogens with one attached hydrogen (secondary N) is 1. The molecule has 14 heavy (non-hydrogen) atoms. The molecule has 0 aliphatic rings. The van der Waals surface area contributed by atoms with E-state index in [0.717, 1.165) is 0 Å². The van der Waals surface area contributed by atoms with Gasteiger partial charge in [0.1, 0.15) is 5.82 Å². The van der Waals surface area contributed by atoms with Crippen LogP contribution in [-0.2, 0) is 0 Å². The maximum atomic E-state index is 11.5. The van der Waals surface area contributed by atoms with Gasteiger partial charge in [-0.05, 0) is 22.0 Å². The van der Waals surface area contributed by atoms with Crippen LogP contribution in [0.3, 0.4) is 0 Å². The second-order valence-corrected chi connectivity index (χ2v) is 3.78. The van der Waals surface area contributed by atoms with E-state index in [1.807, 2.05) is 0 Å². The molecular weight excluding hydrogens is 248 g/mol. The molecule has 0 saturated carbocycles. The van der Waals surface area contributed by atoms with Crippen LogP contribution in [0.5, 0.6) is 0 Å². The fourth-order valence-corrected chi connectivity index (χ4v) is 1.19. The summed E-state index contributed by atoms with van der Waals surface area (Å²) in [6.45, 7) is 0. The molecule has 1 heterocycles. The molecule has 0 saturated heterocycles. The Morgan fingerprint density at radius 2 is 2.29 bits per heavy atom. The Morgan fingerprint density at radius 3 is 2.79 bits per heavy atom. The van der Waals surface area contributed by atoms with E-state index >= 15 is 0 Å². The third-order valence-corrected chi connectivity index (χ3v) is 2.09. The number of rotatable bonds is 2. The molecule has 0 aliphatic heterocycles. The third-order valence-electron chi connectivity index (χ3n) is 1.46. The number of nitrogen functional groups attached to an aromatic ring is 1. The van der Waals surface area contributed by atoms with Crippen molar-refractivity contribution in [1.82, 2.24) is 15.4 Å². The Morgan fingerprint density at radius 1 is 1.64 bits per heavy atom. The topological polar surface area (TPSA) is 71.2 Å². The van der Waals surface area contributed by atoms with Crippen LogP contribution in [0.25, 0.3) is 0 Å². The molecule has 0 radical (unpaired) electrons. The largest absolute Gasteiger partial charge is 0.383 e. The molecule has 76 valence electrons. The summed E-state index contributed by atoms with van der Waals surface area (Å²) in [4.78, 5) is 15.3. The molecule has 0 spiro atoms. The quantitative estimate of drug-likeness (QED) is 0.764. The molecule has 1 amide bonds. The van der Waals surface area contributed by atoms with Gasteiger partial charge < -0.3 is 5.73 Å². The Kier molecular flexibility index (Phi) is 3.43. The van der Waals surface area contributed by atoms with Gasteiger partial charge in [0.2, 0.25) is 0 Å². The number of aromatic nitrogens is 1. The van der Waals surface area contributed by atoms with E-state index in [4.69, 9.17) is 5.73 Å². The van der Waals surface area contributed by atoms with Crippen molar-refractivity contribution < 1.29 is 4.79 Å². The predicted octanol–water partition coefficient (Wildman–Crippen LogP) is 0.633. The first-order chi connectivity index (χ1) is 6.50. The van der Waals surface area contributed by atoms with Gasteiger partial charge in [-0.15, -0.1) is 0 Å². The van der Waals surface area contributed by atoms with Crippen LogP contribution in [0.15, 0.2) is 16.7 Å². The number of anilines is 1. The van der Waals surface area contributed by atoms with Gasteiger partial charge in [-0.2, -0.15) is 0 Å². The van der Waals surface area contributed by atoms with E-state index in [1.54, 1.807) is 25.2 Å². The standard InChI is InChI=1S/C8H11BrN4O/c1-13(2)12-8(14)5-3-6(9)7(10)11-4-5/h3-4H,1-2H3,(H2,10,11)(H,12,14). The number of halogens is 1. The smallest absolute Gasteiger partial charge is 0.267 e. The number of carbonyl (C=O) groups excluding carboxylic acids is 1. The molecule has 0 unspecified atom stereocenters. The van der Waals surface area contributed by atoms with Crippen LogP contribution in [-0.4, -0.2) is 30.0 Å². The molecule has 0 atom stereocenters. The molecule has 0 aromatic carbocycles. The molecule has 1 rings (SSSR count). The number of nitrogens with two attached hydrogens (primary N) is 1. The Labute approximate surface area is 90.4 Å². The van der Waals surface area contributed by atoms with Gasteiger partial charge in [0.05, 0.1) is 10.0 Å². The summed E-state index contributed by atoms with van der Waals surface area (Å²) in [5, 5.41) is 1.56. The summed E-state index contributed by atoms with van der Waals surface area (Å²) < 4.78 is 0.615. The van der Waals surface area contributed by atoms with Gasteiger partial charge in [-0.1, -0.05) is 0 Å². The number of nitrogens with zero attached hydrogens (tertiary/aromatic N) is 2. The minimum atomic E-state index is -0.219. The van der Waals surface area contributed by atoms with E-state index in [-0.39, 0.29) is 5.91 Å². The van der Waals surface area contributed by atoms with Crippen LogP contribution in [0.1, 0.15) is 10.4 Å². The van der Waals surface area contributed by atoms with E-state index in [1.165, 1.54) is 6.20 Å². The van der Waals surface area contributed by atoms with Gasteiger partial charge in [-0.25, -0.2) is 9.99 Å². The molecule has 5 nitrogen and oxygen atoms in total. The zero-order valence-corrected chi connectivity index (χ0v) is 9.50. The highest BCUT2D eigenvalue weighted by Gasteiger charge is 2.08. The summed E-state index contributed by atoms with van der Waals surface area (Å²) in [7, 11) is 3.47. The van der Waals surface area contributed by atoms with E-state index in [0.29, 0.717) is 15.9 Å². The molecule has 3 N–H and O–H groups in total. The highest BCUT2D eigenvalue weighted by molar-refractivity contribution is 9.10. The van der Waals surface area contributed by atoms with Crippen molar-refractivity contribution in [3.63, 3.8) is 0 Å². The maximum Gasteiger partial charge on any atom is 0.267 e. The van der Waals surface area contributed by atoms with Crippen molar-refractivity contribution in [3.8, 4) is 0 Å². The first kappa shape index (κ1) is 10.9. The van der Waals surface area contributed by atoms with Gasteiger partial charge >= 0.3 is 0 Å². The maximum absolute atomic E-state index is 11.5. The summed E-state index contributed by atoms with van der Waals surface area (Å²) in [5.74, 6) is 0.148. The fourth-order valence-electron chi connectivity index (χ4n) is 0.840. The molecule has 0 aliphatic carbocycles. The van der Waals surface area contributed by atoms with Gasteiger partial charge in [0.25, 0.3) is 5.91 Å². The van der Waals surface area contributed by atoms with E-state index in [2.05, 4.69) is 26.3 Å². The van der Waals surface area contributed by atoms with Crippen LogP contribution in [0.4, 0.5) is 5.82 Å². The first-order valence-electron chi connectivity index (χ1n) is 3.90. The molecule has 6 heteroatoms. The van der Waals surface area contributed by atoms with Gasteiger partial charge in [-0.3, -0.25) is 10.2 Å². The summed E-state index contributed by atoms with van der Waals surface area (Å²) in [6.07, 6.45) is 1.43. The lowest BCUT2D eigenvalue weighted by Crippen LogP contribution is -2.36. The lowest BCUT2D eigenvalue weighted by molar-refractivity contribution is 0.0856. The fraction of sp³-hybridized carbons (Fsp3) is 0.250. The van der Waals surface area contributed by atoms with E-state index in [9.17, 15) is 4.79 Å². The number of pyridine rings is 1. The first-order valence-corrected chi connectivity index (χ1v) is 4.69. The number of hydrogen-bond acceptors (Lipinski definition) is 4. The number of hydrazine groups is 1. The third kappa shape index (κ3) is 2.68. The average Bonchev–Trinajstić information content (AvgIpc) is 2.08. The predicted molar refractivity (Wildman–Crippen MR) is 57.5 cm³/mol. The number of amides is 1. The monoisotopic (exact) mass is 258 g/mol.